The van der Waals surface area contributed by atoms with Gasteiger partial charge in [-0.1, -0.05) is 6.07 Å². The zero-order chi connectivity index (χ0) is 13.7. The zero-order valence-corrected chi connectivity index (χ0v) is 11.5. The summed E-state index contributed by atoms with van der Waals surface area (Å²) in [6.45, 7) is 3.77. The van der Waals surface area contributed by atoms with Crippen LogP contribution < -0.4 is 10.2 Å². The number of carbonyl (C=O) groups excluding carboxylic acids is 1. The van der Waals surface area contributed by atoms with E-state index in [1.54, 1.807) is 0 Å². The van der Waals surface area contributed by atoms with Gasteiger partial charge in [0, 0.05) is 25.3 Å². The second-order valence-electron chi connectivity index (χ2n) is 4.86. The summed E-state index contributed by atoms with van der Waals surface area (Å²) in [5, 5.41) is 3.32. The van der Waals surface area contributed by atoms with Gasteiger partial charge in [-0.25, -0.2) is 4.98 Å². The first-order chi connectivity index (χ1) is 9.20. The highest BCUT2D eigenvalue weighted by atomic mass is 16.5. The fraction of sp³-hybridized carbons (Fsp3) is 0.571. The molecule has 0 amide bonds. The molecular weight excluding hydrogens is 242 g/mol. The van der Waals surface area contributed by atoms with Crippen LogP contribution in [0.4, 0.5) is 5.82 Å². The van der Waals surface area contributed by atoms with E-state index in [0.717, 1.165) is 31.7 Å². The third-order valence-electron chi connectivity index (χ3n) is 3.51. The van der Waals surface area contributed by atoms with Gasteiger partial charge in [-0.05, 0) is 31.9 Å². The lowest BCUT2D eigenvalue weighted by Gasteiger charge is -2.34. The van der Waals surface area contributed by atoms with Crippen molar-refractivity contribution in [3.63, 3.8) is 0 Å². The predicted molar refractivity (Wildman–Crippen MR) is 74.1 cm³/mol. The summed E-state index contributed by atoms with van der Waals surface area (Å²) in [4.78, 5) is 18.0. The van der Waals surface area contributed by atoms with E-state index in [0.29, 0.717) is 6.04 Å². The maximum atomic E-state index is 11.4. The number of piperidine rings is 1. The molecule has 0 radical (unpaired) electrons. The fourth-order valence-electron chi connectivity index (χ4n) is 2.41. The van der Waals surface area contributed by atoms with E-state index in [1.807, 2.05) is 31.3 Å². The Labute approximate surface area is 114 Å². The van der Waals surface area contributed by atoms with Gasteiger partial charge in [0.25, 0.3) is 0 Å². The second kappa shape index (κ2) is 6.52. The van der Waals surface area contributed by atoms with Gasteiger partial charge < -0.3 is 15.0 Å². The van der Waals surface area contributed by atoms with Crippen LogP contribution in [0.5, 0.6) is 0 Å². The quantitative estimate of drug-likeness (QED) is 0.827. The van der Waals surface area contributed by atoms with Crippen LogP contribution in [0, 0.1) is 0 Å². The van der Waals surface area contributed by atoms with Crippen LogP contribution in [0.25, 0.3) is 0 Å². The van der Waals surface area contributed by atoms with Crippen molar-refractivity contribution in [1.82, 2.24) is 10.3 Å². The first-order valence-electron chi connectivity index (χ1n) is 6.70. The number of aromatic nitrogens is 1. The van der Waals surface area contributed by atoms with Gasteiger partial charge in [-0.2, -0.15) is 0 Å². The Balaban J connectivity index is 1.81. The van der Waals surface area contributed by atoms with Crippen molar-refractivity contribution in [3.05, 3.63) is 24.4 Å². The number of pyridine rings is 1. The van der Waals surface area contributed by atoms with Gasteiger partial charge in [-0.3, -0.25) is 4.79 Å². The molecule has 0 bridgehead atoms. The number of hydrogen-bond donors (Lipinski definition) is 1. The van der Waals surface area contributed by atoms with Crippen LogP contribution in [-0.4, -0.2) is 43.2 Å². The lowest BCUT2D eigenvalue weighted by Crippen LogP contribution is -2.48. The number of nitrogens with zero attached hydrogens (tertiary/aromatic N) is 2. The van der Waals surface area contributed by atoms with Crippen molar-refractivity contribution in [2.75, 3.05) is 25.1 Å². The first-order valence-corrected chi connectivity index (χ1v) is 6.70. The summed E-state index contributed by atoms with van der Waals surface area (Å²) in [6, 6.07) is 6.10. The molecule has 5 nitrogen and oxygen atoms in total. The van der Waals surface area contributed by atoms with E-state index >= 15 is 0 Å². The van der Waals surface area contributed by atoms with Crippen molar-refractivity contribution in [2.45, 2.75) is 31.8 Å². The average Bonchev–Trinajstić information content (AvgIpc) is 2.48. The molecule has 104 valence electrons. The molecule has 0 aromatic carbocycles. The van der Waals surface area contributed by atoms with E-state index in [1.165, 1.54) is 7.11 Å². The minimum absolute atomic E-state index is 0.202. The number of hydrogen-bond acceptors (Lipinski definition) is 5. The number of anilines is 1. The largest absolute Gasteiger partial charge is 0.468 e. The van der Waals surface area contributed by atoms with Crippen LogP contribution in [0.3, 0.4) is 0 Å². The van der Waals surface area contributed by atoms with E-state index in [9.17, 15) is 4.79 Å². The third-order valence-corrected chi connectivity index (χ3v) is 3.51. The Bertz CT molecular complexity index is 402. The number of carbonyl (C=O) groups is 1. The molecule has 1 aromatic rings. The van der Waals surface area contributed by atoms with Crippen molar-refractivity contribution in [2.24, 2.45) is 0 Å². The molecule has 1 fully saturated rings. The highest BCUT2D eigenvalue weighted by molar-refractivity contribution is 5.75. The molecule has 0 unspecified atom stereocenters. The highest BCUT2D eigenvalue weighted by Gasteiger charge is 2.23. The SMILES string of the molecule is COC(=O)[C@H](C)NC1CCN(c2ccccn2)CC1. The van der Waals surface area contributed by atoms with Gasteiger partial charge in [0.15, 0.2) is 0 Å². The Hall–Kier alpha value is -1.62. The number of rotatable bonds is 4. The van der Waals surface area contributed by atoms with Crippen molar-refractivity contribution in [1.29, 1.82) is 0 Å². The van der Waals surface area contributed by atoms with Crippen molar-refractivity contribution >= 4 is 11.8 Å². The van der Waals surface area contributed by atoms with E-state index in [4.69, 9.17) is 4.74 Å². The molecule has 19 heavy (non-hydrogen) atoms. The van der Waals surface area contributed by atoms with Gasteiger partial charge >= 0.3 is 5.97 Å². The van der Waals surface area contributed by atoms with E-state index in [2.05, 4.69) is 15.2 Å². The molecular formula is C14H21N3O2. The minimum atomic E-state index is -0.239. The molecule has 1 aliphatic heterocycles. The normalized spacial score (nSPS) is 18.1. The van der Waals surface area contributed by atoms with Gasteiger partial charge in [-0.15, -0.1) is 0 Å². The summed E-state index contributed by atoms with van der Waals surface area (Å²) < 4.78 is 4.72. The Kier molecular flexibility index (Phi) is 4.74. The molecule has 1 atom stereocenters. The summed E-state index contributed by atoms with van der Waals surface area (Å²) in [6.07, 6.45) is 3.84. The molecule has 0 saturated carbocycles. The Morgan fingerprint density at radius 1 is 1.47 bits per heavy atom. The molecule has 0 aliphatic carbocycles. The summed E-state index contributed by atoms with van der Waals surface area (Å²) in [7, 11) is 1.42. The topological polar surface area (TPSA) is 54.5 Å². The molecule has 5 heteroatoms. The first kappa shape index (κ1) is 13.8. The average molecular weight is 263 g/mol. The zero-order valence-electron chi connectivity index (χ0n) is 11.5. The number of ether oxygens (including phenoxy) is 1. The van der Waals surface area contributed by atoms with Crippen molar-refractivity contribution < 1.29 is 9.53 Å². The van der Waals surface area contributed by atoms with Crippen LogP contribution in [0.1, 0.15) is 19.8 Å². The number of esters is 1. The molecule has 2 rings (SSSR count). The molecule has 1 aromatic heterocycles. The molecule has 2 heterocycles. The maximum Gasteiger partial charge on any atom is 0.322 e. The standard InChI is InChI=1S/C14H21N3O2/c1-11(14(18)19-2)16-12-6-9-17(10-7-12)13-5-3-4-8-15-13/h3-5,8,11-12,16H,6-7,9-10H2,1-2H3/t11-/m0/s1. The summed E-state index contributed by atoms with van der Waals surface area (Å²) in [5.74, 6) is 0.828. The Morgan fingerprint density at radius 3 is 2.79 bits per heavy atom. The molecule has 0 spiro atoms. The van der Waals surface area contributed by atoms with Crippen LogP contribution in [-0.2, 0) is 9.53 Å². The van der Waals surface area contributed by atoms with E-state index in [-0.39, 0.29) is 12.0 Å². The van der Waals surface area contributed by atoms with Crippen molar-refractivity contribution in [3.8, 4) is 0 Å². The fourth-order valence-corrected chi connectivity index (χ4v) is 2.41. The van der Waals surface area contributed by atoms with E-state index < -0.39 is 0 Å². The lowest BCUT2D eigenvalue weighted by atomic mass is 10.0. The predicted octanol–water partition coefficient (Wildman–Crippen LogP) is 1.20. The molecule has 1 saturated heterocycles. The van der Waals surface area contributed by atoms with Gasteiger partial charge in [0.05, 0.1) is 7.11 Å². The van der Waals surface area contributed by atoms with Crippen LogP contribution in [0.2, 0.25) is 0 Å². The number of methoxy groups -OCH3 is 1. The smallest absolute Gasteiger partial charge is 0.322 e. The van der Waals surface area contributed by atoms with Gasteiger partial charge in [0.1, 0.15) is 11.9 Å². The highest BCUT2D eigenvalue weighted by Crippen LogP contribution is 2.17. The summed E-state index contributed by atoms with van der Waals surface area (Å²) in [5.41, 5.74) is 0. The van der Waals surface area contributed by atoms with Crippen LogP contribution >= 0.6 is 0 Å². The molecule has 1 aliphatic rings. The summed E-state index contributed by atoms with van der Waals surface area (Å²) >= 11 is 0. The maximum absolute atomic E-state index is 11.4. The number of nitrogens with one attached hydrogen (secondary N) is 1. The minimum Gasteiger partial charge on any atom is -0.468 e. The van der Waals surface area contributed by atoms with Gasteiger partial charge in [0.2, 0.25) is 0 Å². The monoisotopic (exact) mass is 263 g/mol. The third kappa shape index (κ3) is 3.67. The second-order valence-corrected chi connectivity index (χ2v) is 4.86. The lowest BCUT2D eigenvalue weighted by molar-refractivity contribution is -0.142. The van der Waals surface area contributed by atoms with Crippen LogP contribution in [0.15, 0.2) is 24.4 Å². The Morgan fingerprint density at radius 2 is 2.21 bits per heavy atom. The molecule has 1 N–H and O–H groups in total.